The van der Waals surface area contributed by atoms with Crippen LogP contribution in [-0.4, -0.2) is 55.1 Å². The Kier molecular flexibility index (Phi) is 6.05. The molecule has 0 radical (unpaired) electrons. The number of aromatic nitrogens is 1. The molecule has 1 aliphatic rings. The molecule has 0 bridgehead atoms. The summed E-state index contributed by atoms with van der Waals surface area (Å²) in [5, 5.41) is 13.6. The van der Waals surface area contributed by atoms with Gasteiger partial charge >= 0.3 is 5.97 Å². The monoisotopic (exact) mass is 481 g/mol. The number of aromatic carboxylic acids is 1. The Hall–Kier alpha value is -2.43. The lowest BCUT2D eigenvalue weighted by Crippen LogP contribution is -2.40. The molecule has 1 fully saturated rings. The number of benzene rings is 2. The molecule has 2 aromatic carbocycles. The number of pyridine rings is 1. The number of sulfonamides is 1. The maximum absolute atomic E-state index is 13.4. The zero-order valence-corrected chi connectivity index (χ0v) is 18.3. The van der Waals surface area contributed by atoms with E-state index in [2.05, 4.69) is 10.3 Å². The molecule has 1 aliphatic heterocycles. The minimum absolute atomic E-state index is 0.0638. The number of nitrogens with zero attached hydrogens (tertiary/aromatic N) is 2. The molecular formula is C20H17Cl2N3O5S. The molecule has 1 saturated heterocycles. The van der Waals surface area contributed by atoms with Crippen LogP contribution in [0.5, 0.6) is 0 Å². The van der Waals surface area contributed by atoms with E-state index in [4.69, 9.17) is 27.9 Å². The van der Waals surface area contributed by atoms with E-state index in [0.717, 1.165) is 0 Å². The quantitative estimate of drug-likeness (QED) is 0.566. The molecule has 2 N–H and O–H groups in total. The minimum atomic E-state index is -3.96. The van der Waals surface area contributed by atoms with Gasteiger partial charge in [0.25, 0.3) is 0 Å². The highest BCUT2D eigenvalue weighted by molar-refractivity contribution is 7.89. The summed E-state index contributed by atoms with van der Waals surface area (Å²) in [4.78, 5) is 15.9. The van der Waals surface area contributed by atoms with Crippen LogP contribution in [0.3, 0.4) is 0 Å². The summed E-state index contributed by atoms with van der Waals surface area (Å²) >= 11 is 12.2. The second kappa shape index (κ2) is 8.60. The number of hydrogen-bond donors (Lipinski definition) is 2. The van der Waals surface area contributed by atoms with Crippen molar-refractivity contribution >= 4 is 61.5 Å². The first kappa shape index (κ1) is 21.8. The van der Waals surface area contributed by atoms with Crippen molar-refractivity contribution < 1.29 is 23.1 Å². The fourth-order valence-electron chi connectivity index (χ4n) is 3.34. The van der Waals surface area contributed by atoms with Gasteiger partial charge in [-0.1, -0.05) is 23.2 Å². The van der Waals surface area contributed by atoms with Crippen molar-refractivity contribution in [3.05, 3.63) is 58.2 Å². The van der Waals surface area contributed by atoms with Gasteiger partial charge < -0.3 is 15.2 Å². The first-order valence-electron chi connectivity index (χ1n) is 9.23. The van der Waals surface area contributed by atoms with Gasteiger partial charge in [0, 0.05) is 34.7 Å². The van der Waals surface area contributed by atoms with Crippen molar-refractivity contribution in [2.45, 2.75) is 4.90 Å². The van der Waals surface area contributed by atoms with Gasteiger partial charge in [-0.25, -0.2) is 13.2 Å². The first-order valence-corrected chi connectivity index (χ1v) is 11.4. The normalized spacial score (nSPS) is 15.2. The summed E-state index contributed by atoms with van der Waals surface area (Å²) < 4.78 is 33.4. The number of hydrogen-bond acceptors (Lipinski definition) is 6. The molecular weight excluding hydrogens is 465 g/mol. The van der Waals surface area contributed by atoms with Crippen molar-refractivity contribution in [2.24, 2.45) is 0 Å². The summed E-state index contributed by atoms with van der Waals surface area (Å²) in [6, 6.07) is 9.09. The Morgan fingerprint density at radius 1 is 1.10 bits per heavy atom. The number of carbonyl (C=O) groups is 1. The van der Waals surface area contributed by atoms with Crippen molar-refractivity contribution in [3.63, 3.8) is 0 Å². The number of anilines is 2. The fourth-order valence-corrected chi connectivity index (χ4v) is 5.20. The maximum Gasteiger partial charge on any atom is 0.337 e. The van der Waals surface area contributed by atoms with E-state index in [-0.39, 0.29) is 48.1 Å². The minimum Gasteiger partial charge on any atom is -0.478 e. The van der Waals surface area contributed by atoms with Crippen molar-refractivity contribution in [2.75, 3.05) is 31.6 Å². The van der Waals surface area contributed by atoms with Crippen LogP contribution in [0, 0.1) is 0 Å². The van der Waals surface area contributed by atoms with Crippen LogP contribution in [0.15, 0.2) is 47.5 Å². The summed E-state index contributed by atoms with van der Waals surface area (Å²) in [5.74, 6) is -1.19. The Bertz CT molecular complexity index is 1280. The second-order valence-electron chi connectivity index (χ2n) is 6.80. The number of rotatable bonds is 5. The number of halogens is 2. The summed E-state index contributed by atoms with van der Waals surface area (Å²) in [6.45, 7) is 0.971. The molecule has 0 unspecified atom stereocenters. The number of ether oxygens (including phenoxy) is 1. The van der Waals surface area contributed by atoms with E-state index in [1.165, 1.54) is 28.7 Å². The van der Waals surface area contributed by atoms with Crippen LogP contribution in [0.25, 0.3) is 10.9 Å². The molecule has 11 heteroatoms. The molecule has 1 aromatic heterocycles. The lowest BCUT2D eigenvalue weighted by molar-refractivity contribution is 0.0698. The average molecular weight is 482 g/mol. The third-order valence-electron chi connectivity index (χ3n) is 4.85. The maximum atomic E-state index is 13.4. The molecule has 31 heavy (non-hydrogen) atoms. The van der Waals surface area contributed by atoms with Crippen LogP contribution >= 0.6 is 23.2 Å². The summed E-state index contributed by atoms with van der Waals surface area (Å²) in [7, 11) is -3.96. The van der Waals surface area contributed by atoms with Gasteiger partial charge in [0.15, 0.2) is 0 Å². The Morgan fingerprint density at radius 3 is 2.48 bits per heavy atom. The van der Waals surface area contributed by atoms with Crippen molar-refractivity contribution in [1.29, 1.82) is 0 Å². The van der Waals surface area contributed by atoms with Crippen LogP contribution < -0.4 is 5.32 Å². The van der Waals surface area contributed by atoms with Gasteiger partial charge in [0.1, 0.15) is 4.90 Å². The predicted molar refractivity (Wildman–Crippen MR) is 118 cm³/mol. The molecule has 0 atom stereocenters. The van der Waals surface area contributed by atoms with Gasteiger partial charge in [-0.2, -0.15) is 4.31 Å². The van der Waals surface area contributed by atoms with E-state index < -0.39 is 16.0 Å². The summed E-state index contributed by atoms with van der Waals surface area (Å²) in [6.07, 6.45) is 1.26. The Labute approximate surface area is 188 Å². The first-order chi connectivity index (χ1) is 14.8. The number of nitrogens with one attached hydrogen (secondary N) is 1. The highest BCUT2D eigenvalue weighted by Gasteiger charge is 2.30. The van der Waals surface area contributed by atoms with Crippen LogP contribution in [0.2, 0.25) is 10.0 Å². The standard InChI is InChI=1S/C20H17Cl2N3O5S/c21-12-2-4-16-15(9-12)19(24-17-10-13(22)1-3-14(17)20(26)27)18(11-23-16)31(28,29)25-5-7-30-8-6-25/h1-4,9-11H,5-8H2,(H,23,24)(H,26,27). The van der Waals surface area contributed by atoms with Gasteiger partial charge in [-0.3, -0.25) is 4.98 Å². The number of fused-ring (bicyclic) bond motifs is 1. The van der Waals surface area contributed by atoms with Crippen molar-refractivity contribution in [1.82, 2.24) is 9.29 Å². The smallest absolute Gasteiger partial charge is 0.337 e. The molecule has 0 amide bonds. The molecule has 8 nitrogen and oxygen atoms in total. The highest BCUT2D eigenvalue weighted by atomic mass is 35.5. The van der Waals surface area contributed by atoms with Crippen LogP contribution in [-0.2, 0) is 14.8 Å². The lowest BCUT2D eigenvalue weighted by atomic mass is 10.1. The van der Waals surface area contributed by atoms with Gasteiger partial charge in [-0.15, -0.1) is 0 Å². The zero-order valence-electron chi connectivity index (χ0n) is 16.0. The van der Waals surface area contributed by atoms with E-state index in [1.54, 1.807) is 18.2 Å². The number of carboxylic acid groups (broad SMARTS) is 1. The van der Waals surface area contributed by atoms with Crippen LogP contribution in [0.1, 0.15) is 10.4 Å². The molecule has 4 rings (SSSR count). The van der Waals surface area contributed by atoms with E-state index in [9.17, 15) is 18.3 Å². The Balaban J connectivity index is 1.94. The van der Waals surface area contributed by atoms with Gasteiger partial charge in [-0.05, 0) is 36.4 Å². The third-order valence-corrected chi connectivity index (χ3v) is 7.24. The Morgan fingerprint density at radius 2 is 1.77 bits per heavy atom. The lowest BCUT2D eigenvalue weighted by Gasteiger charge is -2.27. The summed E-state index contributed by atoms with van der Waals surface area (Å²) in [5.41, 5.74) is 0.743. The van der Waals surface area contributed by atoms with Gasteiger partial charge in [0.05, 0.1) is 35.7 Å². The molecule has 0 saturated carbocycles. The number of carboxylic acids is 1. The van der Waals surface area contributed by atoms with Gasteiger partial charge in [0.2, 0.25) is 10.0 Å². The SMILES string of the molecule is O=C(O)c1ccc(Cl)cc1Nc1c(S(=O)(=O)N2CCOCC2)cnc2ccc(Cl)cc12. The molecule has 2 heterocycles. The van der Waals surface area contributed by atoms with E-state index >= 15 is 0 Å². The number of morpholine rings is 1. The fraction of sp³-hybridized carbons (Fsp3) is 0.200. The highest BCUT2D eigenvalue weighted by Crippen LogP contribution is 2.36. The van der Waals surface area contributed by atoms with Crippen molar-refractivity contribution in [3.8, 4) is 0 Å². The van der Waals surface area contributed by atoms with Crippen LogP contribution in [0.4, 0.5) is 11.4 Å². The largest absolute Gasteiger partial charge is 0.478 e. The average Bonchev–Trinajstić information content (AvgIpc) is 2.74. The molecule has 0 spiro atoms. The second-order valence-corrected chi connectivity index (χ2v) is 9.57. The topological polar surface area (TPSA) is 109 Å². The molecule has 0 aliphatic carbocycles. The molecule has 162 valence electrons. The zero-order chi connectivity index (χ0) is 22.2. The third kappa shape index (κ3) is 4.32. The predicted octanol–water partition coefficient (Wildman–Crippen LogP) is 4.00. The van der Waals surface area contributed by atoms with E-state index in [0.29, 0.717) is 20.9 Å². The molecule has 3 aromatic rings. The van der Waals surface area contributed by atoms with E-state index in [1.807, 2.05) is 0 Å².